The summed E-state index contributed by atoms with van der Waals surface area (Å²) in [5.41, 5.74) is 8.16. The molecule has 0 bridgehead atoms. The fourth-order valence-corrected chi connectivity index (χ4v) is 3.15. The lowest BCUT2D eigenvalue weighted by Gasteiger charge is -2.17. The summed E-state index contributed by atoms with van der Waals surface area (Å²) in [5, 5.41) is -0.126. The summed E-state index contributed by atoms with van der Waals surface area (Å²) >= 11 is 0.972. The highest BCUT2D eigenvalue weighted by Gasteiger charge is 2.25. The highest BCUT2D eigenvalue weighted by atomic mass is 32.2. The lowest BCUT2D eigenvalue weighted by atomic mass is 10.2. The second kappa shape index (κ2) is 6.84. The van der Waals surface area contributed by atoms with Gasteiger partial charge in [-0.2, -0.15) is 0 Å². The van der Waals surface area contributed by atoms with Crippen molar-refractivity contribution in [3.63, 3.8) is 0 Å². The molecule has 1 aliphatic rings. The zero-order valence-electron chi connectivity index (χ0n) is 13.1. The van der Waals surface area contributed by atoms with E-state index in [9.17, 15) is 9.59 Å². The number of anilines is 2. The van der Waals surface area contributed by atoms with Crippen molar-refractivity contribution in [2.45, 2.75) is 13.0 Å². The number of carbonyl (C=O) groups is 2. The van der Waals surface area contributed by atoms with Crippen LogP contribution in [0.15, 0.2) is 41.4 Å². The molecule has 0 spiro atoms. The molecule has 1 aromatic heterocycles. The Bertz CT molecular complexity index is 835. The maximum Gasteiger partial charge on any atom is 0.225 e. The van der Waals surface area contributed by atoms with E-state index in [1.165, 1.54) is 0 Å². The van der Waals surface area contributed by atoms with Crippen molar-refractivity contribution in [2.24, 2.45) is 0 Å². The van der Waals surface area contributed by atoms with Crippen molar-refractivity contribution in [3.05, 3.63) is 52.7 Å². The smallest absolute Gasteiger partial charge is 0.225 e. The maximum atomic E-state index is 11.7. The molecule has 0 unspecified atom stereocenters. The molecule has 0 aliphatic carbocycles. The monoisotopic (exact) mass is 340 g/mol. The standard InChI is InChI=1S/C17H16N4O2S/c1-21(10-11-3-2-4-12(18)7-11)17-19-6-5-13(20-17)8-15-14(22)9-16(23)24-15/h2-8H,9-10,18H2,1H3/b15-8-. The summed E-state index contributed by atoms with van der Waals surface area (Å²) in [5.74, 6) is 0.381. The normalized spacial score (nSPS) is 16.0. The van der Waals surface area contributed by atoms with E-state index < -0.39 is 0 Å². The SMILES string of the molecule is CN(Cc1cccc(N)c1)c1nccc(/C=C2\SC(=O)CC2=O)n1. The van der Waals surface area contributed by atoms with Crippen LogP contribution in [0.4, 0.5) is 11.6 Å². The number of hydrogen-bond acceptors (Lipinski definition) is 7. The zero-order chi connectivity index (χ0) is 17.1. The number of carbonyl (C=O) groups excluding carboxylic acids is 2. The molecule has 122 valence electrons. The fourth-order valence-electron chi connectivity index (χ4n) is 2.34. The van der Waals surface area contributed by atoms with Crippen molar-refractivity contribution < 1.29 is 9.59 Å². The number of ketones is 1. The summed E-state index contributed by atoms with van der Waals surface area (Å²) < 4.78 is 0. The average molecular weight is 340 g/mol. The molecule has 6 nitrogen and oxygen atoms in total. The largest absolute Gasteiger partial charge is 0.399 e. The zero-order valence-corrected chi connectivity index (χ0v) is 13.9. The molecule has 1 fully saturated rings. The molecule has 0 saturated carbocycles. The first-order chi connectivity index (χ1) is 11.5. The third kappa shape index (κ3) is 3.80. The van der Waals surface area contributed by atoms with Gasteiger partial charge in [0, 0.05) is 25.5 Å². The Balaban J connectivity index is 1.78. The van der Waals surface area contributed by atoms with Gasteiger partial charge in [-0.1, -0.05) is 12.1 Å². The van der Waals surface area contributed by atoms with Crippen LogP contribution in [0.25, 0.3) is 6.08 Å². The molecule has 2 aromatic rings. The van der Waals surface area contributed by atoms with Crippen LogP contribution >= 0.6 is 11.8 Å². The van der Waals surface area contributed by atoms with Gasteiger partial charge < -0.3 is 10.6 Å². The first kappa shape index (κ1) is 16.2. The predicted octanol–water partition coefficient (Wildman–Crippen LogP) is 2.27. The molecular formula is C17H16N4O2S. The van der Waals surface area contributed by atoms with Gasteiger partial charge >= 0.3 is 0 Å². The summed E-state index contributed by atoms with van der Waals surface area (Å²) in [6, 6.07) is 9.34. The van der Waals surface area contributed by atoms with Crippen molar-refractivity contribution in [1.82, 2.24) is 9.97 Å². The van der Waals surface area contributed by atoms with E-state index in [1.807, 2.05) is 36.2 Å². The third-order valence-electron chi connectivity index (χ3n) is 3.46. The first-order valence-corrected chi connectivity index (χ1v) is 8.17. The van der Waals surface area contributed by atoms with E-state index in [2.05, 4.69) is 9.97 Å². The number of thioether (sulfide) groups is 1. The molecule has 1 aromatic carbocycles. The first-order valence-electron chi connectivity index (χ1n) is 7.35. The van der Waals surface area contributed by atoms with E-state index in [0.717, 1.165) is 17.3 Å². The van der Waals surface area contributed by atoms with Gasteiger partial charge in [0.15, 0.2) is 5.78 Å². The van der Waals surface area contributed by atoms with Gasteiger partial charge in [0.05, 0.1) is 17.0 Å². The Kier molecular flexibility index (Phi) is 4.61. The number of nitrogen functional groups attached to an aromatic ring is 1. The van der Waals surface area contributed by atoms with Crippen LogP contribution in [0, 0.1) is 0 Å². The number of Topliss-reactive ketones (excluding diaryl/α,β-unsaturated/α-hetero) is 1. The Morgan fingerprint density at radius 3 is 2.88 bits per heavy atom. The molecule has 24 heavy (non-hydrogen) atoms. The number of hydrogen-bond donors (Lipinski definition) is 1. The van der Waals surface area contributed by atoms with E-state index in [4.69, 9.17) is 5.73 Å². The lowest BCUT2D eigenvalue weighted by Crippen LogP contribution is -2.19. The minimum atomic E-state index is -0.154. The Labute approximate surface area is 143 Å². The number of aromatic nitrogens is 2. The summed E-state index contributed by atoms with van der Waals surface area (Å²) in [4.78, 5) is 34.0. The highest BCUT2D eigenvalue weighted by molar-refractivity contribution is 8.18. The molecule has 1 aliphatic heterocycles. The van der Waals surface area contributed by atoms with Crippen LogP contribution in [0.5, 0.6) is 0 Å². The number of nitrogens with two attached hydrogens (primary N) is 1. The molecule has 0 atom stereocenters. The summed E-state index contributed by atoms with van der Waals surface area (Å²) in [6.07, 6.45) is 3.23. The van der Waals surface area contributed by atoms with Crippen LogP contribution in [0.1, 0.15) is 17.7 Å². The van der Waals surface area contributed by atoms with Gasteiger partial charge in [0.25, 0.3) is 0 Å². The second-order valence-corrected chi connectivity index (χ2v) is 6.56. The summed E-state index contributed by atoms with van der Waals surface area (Å²) in [7, 11) is 1.88. The van der Waals surface area contributed by atoms with Gasteiger partial charge in [-0.3, -0.25) is 9.59 Å². The molecule has 0 amide bonds. The Morgan fingerprint density at radius 2 is 2.17 bits per heavy atom. The molecule has 3 rings (SSSR count). The molecule has 0 radical (unpaired) electrons. The topological polar surface area (TPSA) is 89.2 Å². The molecule has 2 heterocycles. The second-order valence-electron chi connectivity index (χ2n) is 5.47. The lowest BCUT2D eigenvalue weighted by molar-refractivity contribution is -0.119. The van der Waals surface area contributed by atoms with E-state index in [1.54, 1.807) is 18.3 Å². The van der Waals surface area contributed by atoms with Crippen molar-refractivity contribution in [3.8, 4) is 0 Å². The average Bonchev–Trinajstić information content (AvgIpc) is 2.85. The van der Waals surface area contributed by atoms with Crippen molar-refractivity contribution in [1.29, 1.82) is 0 Å². The van der Waals surface area contributed by atoms with Crippen LogP contribution in [0.2, 0.25) is 0 Å². The number of allylic oxidation sites excluding steroid dienone is 1. The quantitative estimate of drug-likeness (QED) is 0.519. The van der Waals surface area contributed by atoms with Crippen molar-refractivity contribution >= 4 is 40.4 Å². The van der Waals surface area contributed by atoms with Gasteiger partial charge in [-0.15, -0.1) is 0 Å². The molecule has 1 saturated heterocycles. The van der Waals surface area contributed by atoms with E-state index >= 15 is 0 Å². The number of benzene rings is 1. The fraction of sp³-hybridized carbons (Fsp3) is 0.176. The minimum absolute atomic E-state index is 0.0379. The van der Waals surface area contributed by atoms with Gasteiger partial charge in [-0.25, -0.2) is 9.97 Å². The van der Waals surface area contributed by atoms with Crippen LogP contribution in [-0.2, 0) is 16.1 Å². The molecular weight excluding hydrogens is 324 g/mol. The maximum absolute atomic E-state index is 11.7. The van der Waals surface area contributed by atoms with E-state index in [-0.39, 0.29) is 17.3 Å². The van der Waals surface area contributed by atoms with Gasteiger partial charge in [0.1, 0.15) is 0 Å². The van der Waals surface area contributed by atoms with Crippen LogP contribution < -0.4 is 10.6 Å². The number of rotatable bonds is 4. The van der Waals surface area contributed by atoms with Crippen LogP contribution in [-0.4, -0.2) is 27.9 Å². The van der Waals surface area contributed by atoms with Crippen LogP contribution in [0.3, 0.4) is 0 Å². The van der Waals surface area contributed by atoms with E-state index in [0.29, 0.717) is 28.8 Å². The van der Waals surface area contributed by atoms with Gasteiger partial charge in [-0.05, 0) is 41.6 Å². The van der Waals surface area contributed by atoms with Gasteiger partial charge in [0.2, 0.25) is 11.1 Å². The highest BCUT2D eigenvalue weighted by Crippen LogP contribution is 2.30. The Morgan fingerprint density at radius 1 is 1.33 bits per heavy atom. The third-order valence-corrected chi connectivity index (χ3v) is 4.40. The number of nitrogens with zero attached hydrogens (tertiary/aromatic N) is 3. The molecule has 2 N–H and O–H groups in total. The predicted molar refractivity (Wildman–Crippen MR) is 95.2 cm³/mol. The summed E-state index contributed by atoms with van der Waals surface area (Å²) in [6.45, 7) is 0.608. The molecule has 7 heteroatoms. The minimum Gasteiger partial charge on any atom is -0.399 e. The Hall–Kier alpha value is -2.67. The van der Waals surface area contributed by atoms with Crippen molar-refractivity contribution in [2.75, 3.05) is 17.7 Å².